The second kappa shape index (κ2) is 7.06. The third kappa shape index (κ3) is 3.90. The maximum absolute atomic E-state index is 12.3. The quantitative estimate of drug-likeness (QED) is 0.832. The van der Waals surface area contributed by atoms with Gasteiger partial charge in [-0.2, -0.15) is 5.26 Å². The molecule has 1 atom stereocenters. The van der Waals surface area contributed by atoms with Gasteiger partial charge in [0, 0.05) is 0 Å². The third-order valence-corrected chi connectivity index (χ3v) is 3.66. The first kappa shape index (κ1) is 13.8. The molecule has 0 radical (unpaired) electrons. The number of benzene rings is 1. The molecule has 0 bridgehead atoms. The Kier molecular flexibility index (Phi) is 5.11. The standard InChI is InChI=1S/C16H20N2O/c17-12-15(14-8-4-3-5-9-14)16(19)13-18-10-6-1-2-7-11-18/h3-5,8-9,15H,1-2,6-7,10-11,13H2/t15-/m0/s1. The molecule has 0 spiro atoms. The van der Waals surface area contributed by atoms with E-state index in [9.17, 15) is 10.1 Å². The summed E-state index contributed by atoms with van der Waals surface area (Å²) in [5.74, 6) is -0.597. The maximum Gasteiger partial charge on any atom is 0.168 e. The van der Waals surface area contributed by atoms with Crippen molar-refractivity contribution in [3.63, 3.8) is 0 Å². The monoisotopic (exact) mass is 256 g/mol. The van der Waals surface area contributed by atoms with Gasteiger partial charge in [-0.25, -0.2) is 0 Å². The number of nitrogens with zero attached hydrogens (tertiary/aromatic N) is 2. The van der Waals surface area contributed by atoms with Crippen LogP contribution in [0.1, 0.15) is 37.2 Å². The lowest BCUT2D eigenvalue weighted by Gasteiger charge is -2.20. The van der Waals surface area contributed by atoms with Crippen molar-refractivity contribution in [3.8, 4) is 6.07 Å². The fourth-order valence-electron chi connectivity index (χ4n) is 2.58. The summed E-state index contributed by atoms with van der Waals surface area (Å²) >= 11 is 0. The largest absolute Gasteiger partial charge is 0.296 e. The predicted octanol–water partition coefficient (Wildman–Crippen LogP) is 2.74. The minimum absolute atomic E-state index is 0.0237. The lowest BCUT2D eigenvalue weighted by molar-refractivity contribution is -0.120. The molecule has 1 heterocycles. The summed E-state index contributed by atoms with van der Waals surface area (Å²) in [5, 5.41) is 9.25. The molecule has 3 nitrogen and oxygen atoms in total. The van der Waals surface area contributed by atoms with Crippen LogP contribution in [0, 0.1) is 11.3 Å². The van der Waals surface area contributed by atoms with Crippen molar-refractivity contribution in [2.24, 2.45) is 0 Å². The molecule has 0 amide bonds. The molecular weight excluding hydrogens is 236 g/mol. The van der Waals surface area contributed by atoms with Gasteiger partial charge in [-0.3, -0.25) is 9.69 Å². The van der Waals surface area contributed by atoms with E-state index in [4.69, 9.17) is 0 Å². The minimum Gasteiger partial charge on any atom is -0.296 e. The highest BCUT2D eigenvalue weighted by Gasteiger charge is 2.22. The van der Waals surface area contributed by atoms with E-state index in [1.54, 1.807) is 0 Å². The zero-order valence-corrected chi connectivity index (χ0v) is 11.2. The fourth-order valence-corrected chi connectivity index (χ4v) is 2.58. The van der Waals surface area contributed by atoms with Crippen LogP contribution in [0.25, 0.3) is 0 Å². The molecular formula is C16H20N2O. The maximum atomic E-state index is 12.3. The molecule has 1 aliphatic heterocycles. The van der Waals surface area contributed by atoms with Crippen molar-refractivity contribution in [2.45, 2.75) is 31.6 Å². The topological polar surface area (TPSA) is 44.1 Å². The highest BCUT2D eigenvalue weighted by molar-refractivity contribution is 5.90. The molecule has 0 unspecified atom stereocenters. The van der Waals surface area contributed by atoms with Crippen molar-refractivity contribution in [2.75, 3.05) is 19.6 Å². The summed E-state index contributed by atoms with van der Waals surface area (Å²) < 4.78 is 0. The average molecular weight is 256 g/mol. The molecule has 19 heavy (non-hydrogen) atoms. The van der Waals surface area contributed by atoms with E-state index in [2.05, 4.69) is 11.0 Å². The fraction of sp³-hybridized carbons (Fsp3) is 0.500. The van der Waals surface area contributed by atoms with E-state index in [0.717, 1.165) is 31.5 Å². The number of rotatable bonds is 4. The van der Waals surface area contributed by atoms with Crippen LogP contribution in [-0.2, 0) is 4.79 Å². The van der Waals surface area contributed by atoms with Gasteiger partial charge in [0.2, 0.25) is 0 Å². The van der Waals surface area contributed by atoms with E-state index in [1.165, 1.54) is 12.8 Å². The Morgan fingerprint density at radius 2 is 1.79 bits per heavy atom. The normalized spacial score (nSPS) is 18.3. The Labute approximate surface area is 114 Å². The Morgan fingerprint density at radius 1 is 1.16 bits per heavy atom. The molecule has 1 aromatic carbocycles. The highest BCUT2D eigenvalue weighted by atomic mass is 16.1. The molecule has 1 fully saturated rings. The van der Waals surface area contributed by atoms with Gasteiger partial charge in [-0.15, -0.1) is 0 Å². The SMILES string of the molecule is N#C[C@H](C(=O)CN1CCCCCC1)c1ccccc1. The molecule has 0 N–H and O–H groups in total. The van der Waals surface area contributed by atoms with E-state index >= 15 is 0 Å². The van der Waals surface area contributed by atoms with Crippen molar-refractivity contribution in [1.82, 2.24) is 4.90 Å². The minimum atomic E-state index is -0.621. The molecule has 1 aliphatic rings. The van der Waals surface area contributed by atoms with Crippen LogP contribution in [0.4, 0.5) is 0 Å². The van der Waals surface area contributed by atoms with Gasteiger partial charge in [0.25, 0.3) is 0 Å². The lowest BCUT2D eigenvalue weighted by Crippen LogP contribution is -2.33. The number of hydrogen-bond acceptors (Lipinski definition) is 3. The smallest absolute Gasteiger partial charge is 0.168 e. The number of ketones is 1. The first-order valence-electron chi connectivity index (χ1n) is 7.01. The average Bonchev–Trinajstić information content (AvgIpc) is 2.69. The molecule has 100 valence electrons. The van der Waals surface area contributed by atoms with Crippen molar-refractivity contribution in [1.29, 1.82) is 5.26 Å². The molecule has 0 saturated carbocycles. The Balaban J connectivity index is 1.99. The van der Waals surface area contributed by atoms with E-state index in [0.29, 0.717) is 6.54 Å². The summed E-state index contributed by atoms with van der Waals surface area (Å²) in [6, 6.07) is 11.5. The summed E-state index contributed by atoms with van der Waals surface area (Å²) in [4.78, 5) is 14.5. The first-order chi connectivity index (χ1) is 9.31. The van der Waals surface area contributed by atoms with E-state index in [1.807, 2.05) is 30.3 Å². The molecule has 0 aliphatic carbocycles. The van der Waals surface area contributed by atoms with Crippen LogP contribution in [0.5, 0.6) is 0 Å². The van der Waals surface area contributed by atoms with Gasteiger partial charge in [0.05, 0.1) is 12.6 Å². The van der Waals surface area contributed by atoms with Crippen molar-refractivity contribution < 1.29 is 4.79 Å². The van der Waals surface area contributed by atoms with Crippen LogP contribution >= 0.6 is 0 Å². The van der Waals surface area contributed by atoms with E-state index < -0.39 is 5.92 Å². The molecule has 1 aromatic rings. The molecule has 0 aromatic heterocycles. The van der Waals surface area contributed by atoms with Crippen molar-refractivity contribution >= 4 is 5.78 Å². The van der Waals surface area contributed by atoms with Gasteiger partial charge < -0.3 is 0 Å². The van der Waals surface area contributed by atoms with Crippen LogP contribution in [-0.4, -0.2) is 30.3 Å². The number of hydrogen-bond donors (Lipinski definition) is 0. The lowest BCUT2D eigenvalue weighted by atomic mass is 9.96. The van der Waals surface area contributed by atoms with Gasteiger partial charge >= 0.3 is 0 Å². The summed E-state index contributed by atoms with van der Waals surface area (Å²) in [6.07, 6.45) is 4.84. The number of carbonyl (C=O) groups is 1. The molecule has 2 rings (SSSR count). The molecule has 1 saturated heterocycles. The first-order valence-corrected chi connectivity index (χ1v) is 7.01. The number of Topliss-reactive ketones (excluding diaryl/α,β-unsaturated/α-hetero) is 1. The Morgan fingerprint density at radius 3 is 2.37 bits per heavy atom. The van der Waals surface area contributed by atoms with Crippen LogP contribution < -0.4 is 0 Å². The van der Waals surface area contributed by atoms with Gasteiger partial charge in [0.15, 0.2) is 5.78 Å². The van der Waals surface area contributed by atoms with Gasteiger partial charge in [-0.1, -0.05) is 43.2 Å². The van der Waals surface area contributed by atoms with E-state index in [-0.39, 0.29) is 5.78 Å². The number of carbonyl (C=O) groups excluding carboxylic acids is 1. The third-order valence-electron chi connectivity index (χ3n) is 3.66. The summed E-state index contributed by atoms with van der Waals surface area (Å²) in [6.45, 7) is 2.38. The Bertz CT molecular complexity index is 442. The molecule has 3 heteroatoms. The second-order valence-electron chi connectivity index (χ2n) is 5.13. The summed E-state index contributed by atoms with van der Waals surface area (Å²) in [7, 11) is 0. The zero-order chi connectivity index (χ0) is 13.5. The number of nitriles is 1. The van der Waals surface area contributed by atoms with Crippen LogP contribution in [0.15, 0.2) is 30.3 Å². The highest BCUT2D eigenvalue weighted by Crippen LogP contribution is 2.17. The van der Waals surface area contributed by atoms with Crippen molar-refractivity contribution in [3.05, 3.63) is 35.9 Å². The Hall–Kier alpha value is -1.66. The van der Waals surface area contributed by atoms with Gasteiger partial charge in [0.1, 0.15) is 5.92 Å². The zero-order valence-electron chi connectivity index (χ0n) is 11.2. The van der Waals surface area contributed by atoms with Crippen LogP contribution in [0.3, 0.4) is 0 Å². The van der Waals surface area contributed by atoms with Crippen LogP contribution in [0.2, 0.25) is 0 Å². The second-order valence-corrected chi connectivity index (χ2v) is 5.13. The predicted molar refractivity (Wildman–Crippen MR) is 74.7 cm³/mol. The summed E-state index contributed by atoms with van der Waals surface area (Å²) in [5.41, 5.74) is 0.810. The number of likely N-dealkylation sites (tertiary alicyclic amines) is 1. The van der Waals surface area contributed by atoms with Gasteiger partial charge in [-0.05, 0) is 31.5 Å².